The lowest BCUT2D eigenvalue weighted by molar-refractivity contribution is -0.132. The Kier molecular flexibility index (Phi) is 7.21. The minimum Gasteiger partial charge on any atom is -0.375 e. The maximum absolute atomic E-state index is 12.8. The average Bonchev–Trinajstić information content (AvgIpc) is 3.24. The number of nitrogens with one attached hydrogen (secondary N) is 2. The van der Waals surface area contributed by atoms with E-state index in [4.69, 9.17) is 4.74 Å². The second-order valence-corrected chi connectivity index (χ2v) is 8.64. The molecule has 3 amide bonds. The number of hydrogen-bond acceptors (Lipinski definition) is 7. The van der Waals surface area contributed by atoms with E-state index < -0.39 is 0 Å². The Morgan fingerprint density at radius 1 is 1.25 bits per heavy atom. The first-order valence-electron chi connectivity index (χ1n) is 11.3. The summed E-state index contributed by atoms with van der Waals surface area (Å²) in [6, 6.07) is 5.63. The summed E-state index contributed by atoms with van der Waals surface area (Å²) in [5.74, 6) is 0.934. The first-order valence-corrected chi connectivity index (χ1v) is 11.3. The molecule has 3 saturated heterocycles. The average molecular weight is 445 g/mol. The molecule has 0 aliphatic carbocycles. The van der Waals surface area contributed by atoms with Gasteiger partial charge in [0.25, 0.3) is 0 Å². The Morgan fingerprint density at radius 3 is 2.78 bits per heavy atom. The van der Waals surface area contributed by atoms with Crippen LogP contribution in [-0.4, -0.2) is 104 Å². The number of amides is 3. The van der Waals surface area contributed by atoms with E-state index in [-0.39, 0.29) is 42.5 Å². The molecule has 2 N–H and O–H groups in total. The maximum Gasteiger partial charge on any atom is 0.246 e. The third-order valence-electron chi connectivity index (χ3n) is 6.56. The van der Waals surface area contributed by atoms with Gasteiger partial charge >= 0.3 is 0 Å². The van der Waals surface area contributed by atoms with Gasteiger partial charge in [-0.1, -0.05) is 6.07 Å². The van der Waals surface area contributed by atoms with E-state index in [1.165, 1.54) is 7.11 Å². The molecule has 3 aliphatic heterocycles. The van der Waals surface area contributed by atoms with Crippen molar-refractivity contribution in [3.63, 3.8) is 0 Å². The van der Waals surface area contributed by atoms with E-state index in [9.17, 15) is 14.4 Å². The highest BCUT2D eigenvalue weighted by Crippen LogP contribution is 2.26. The normalized spacial score (nSPS) is 25.9. The molecule has 3 aliphatic rings. The van der Waals surface area contributed by atoms with E-state index in [0.29, 0.717) is 45.4 Å². The number of methoxy groups -OCH3 is 1. The van der Waals surface area contributed by atoms with Gasteiger partial charge in [-0.15, -0.1) is 0 Å². The topological polar surface area (TPSA) is 107 Å². The number of rotatable bonds is 7. The van der Waals surface area contributed by atoms with Gasteiger partial charge in [0, 0.05) is 71.1 Å². The van der Waals surface area contributed by atoms with Crippen molar-refractivity contribution in [1.29, 1.82) is 0 Å². The van der Waals surface area contributed by atoms with Crippen LogP contribution in [0, 0.1) is 0 Å². The van der Waals surface area contributed by atoms with Gasteiger partial charge in [0.2, 0.25) is 17.7 Å². The summed E-state index contributed by atoms with van der Waals surface area (Å²) >= 11 is 0. The van der Waals surface area contributed by atoms with Crippen LogP contribution in [0.1, 0.15) is 19.3 Å². The van der Waals surface area contributed by atoms with E-state index in [1.807, 2.05) is 23.1 Å². The molecule has 0 aromatic carbocycles. The van der Waals surface area contributed by atoms with Crippen molar-refractivity contribution in [1.82, 2.24) is 25.4 Å². The molecule has 3 fully saturated rings. The Hall–Kier alpha value is -2.72. The zero-order valence-corrected chi connectivity index (χ0v) is 18.5. The van der Waals surface area contributed by atoms with Crippen LogP contribution in [0.5, 0.6) is 0 Å². The molecule has 4 rings (SSSR count). The highest BCUT2D eigenvalue weighted by atomic mass is 16.5. The van der Waals surface area contributed by atoms with Crippen LogP contribution in [0.2, 0.25) is 0 Å². The predicted octanol–water partition coefficient (Wildman–Crippen LogP) is -0.786. The van der Waals surface area contributed by atoms with E-state index >= 15 is 0 Å². The zero-order valence-electron chi connectivity index (χ0n) is 18.5. The molecular weight excluding hydrogens is 412 g/mol. The number of fused-ring (bicyclic) bond motifs is 1. The Bertz CT molecular complexity index is 814. The van der Waals surface area contributed by atoms with E-state index in [0.717, 1.165) is 18.9 Å². The van der Waals surface area contributed by atoms with Crippen molar-refractivity contribution in [3.8, 4) is 0 Å². The molecule has 32 heavy (non-hydrogen) atoms. The fourth-order valence-electron chi connectivity index (χ4n) is 4.92. The minimum absolute atomic E-state index is 0.00158. The fraction of sp³-hybridized carbons (Fsp3) is 0.636. The van der Waals surface area contributed by atoms with Gasteiger partial charge in [-0.3, -0.25) is 19.3 Å². The number of carbonyl (C=O) groups is 3. The second kappa shape index (κ2) is 10.3. The van der Waals surface area contributed by atoms with E-state index in [2.05, 4.69) is 25.4 Å². The summed E-state index contributed by atoms with van der Waals surface area (Å²) in [6.07, 6.45) is 3.51. The van der Waals surface area contributed by atoms with Crippen molar-refractivity contribution in [2.75, 3.05) is 57.9 Å². The first kappa shape index (κ1) is 22.5. The third-order valence-corrected chi connectivity index (χ3v) is 6.56. The number of ether oxygens (including phenoxy) is 1. The van der Waals surface area contributed by atoms with Crippen molar-refractivity contribution in [3.05, 3.63) is 24.4 Å². The molecule has 4 heterocycles. The Balaban J connectivity index is 1.25. The van der Waals surface area contributed by atoms with Gasteiger partial charge in [-0.05, 0) is 25.0 Å². The van der Waals surface area contributed by atoms with Gasteiger partial charge in [0.1, 0.15) is 12.4 Å². The summed E-state index contributed by atoms with van der Waals surface area (Å²) in [5.41, 5.74) is 0. The van der Waals surface area contributed by atoms with Gasteiger partial charge in [-0.25, -0.2) is 4.98 Å². The van der Waals surface area contributed by atoms with Crippen LogP contribution in [0.4, 0.5) is 5.82 Å². The van der Waals surface area contributed by atoms with Crippen LogP contribution in [0.15, 0.2) is 24.4 Å². The fourth-order valence-corrected chi connectivity index (χ4v) is 4.92. The quantitative estimate of drug-likeness (QED) is 0.568. The smallest absolute Gasteiger partial charge is 0.246 e. The summed E-state index contributed by atoms with van der Waals surface area (Å²) in [4.78, 5) is 47.7. The summed E-state index contributed by atoms with van der Waals surface area (Å²) in [6.45, 7) is 4.11. The molecule has 0 saturated carbocycles. The monoisotopic (exact) mass is 444 g/mol. The summed E-state index contributed by atoms with van der Waals surface area (Å²) in [7, 11) is 1.48. The maximum atomic E-state index is 12.8. The molecule has 0 radical (unpaired) electrons. The van der Waals surface area contributed by atoms with Gasteiger partial charge in [0.15, 0.2) is 0 Å². The van der Waals surface area contributed by atoms with E-state index in [1.54, 1.807) is 6.20 Å². The molecule has 0 unspecified atom stereocenters. The lowest BCUT2D eigenvalue weighted by Crippen LogP contribution is -2.58. The van der Waals surface area contributed by atoms with Crippen molar-refractivity contribution >= 4 is 23.5 Å². The SMILES string of the molecule is COCC(=O)N[C@H]1C[C@H]2C(=O)NC[C@@H](CCC(=O)N3CCN(c4ccccn4)CC3)N2C1. The number of carbonyl (C=O) groups excluding carboxylic acids is 3. The lowest BCUT2D eigenvalue weighted by atomic mass is 10.0. The van der Waals surface area contributed by atoms with Crippen molar-refractivity contribution in [2.24, 2.45) is 0 Å². The summed E-state index contributed by atoms with van der Waals surface area (Å²) in [5, 5.41) is 5.91. The minimum atomic E-state index is -0.251. The van der Waals surface area contributed by atoms with Gasteiger partial charge < -0.3 is 25.2 Å². The van der Waals surface area contributed by atoms with Gasteiger partial charge in [-0.2, -0.15) is 0 Å². The largest absolute Gasteiger partial charge is 0.375 e. The molecule has 1 aromatic rings. The molecule has 174 valence electrons. The lowest BCUT2D eigenvalue weighted by Gasteiger charge is -2.38. The van der Waals surface area contributed by atoms with Crippen LogP contribution in [0.3, 0.4) is 0 Å². The highest BCUT2D eigenvalue weighted by Gasteiger charge is 2.43. The van der Waals surface area contributed by atoms with Crippen LogP contribution < -0.4 is 15.5 Å². The molecule has 0 spiro atoms. The number of pyridine rings is 1. The predicted molar refractivity (Wildman–Crippen MR) is 118 cm³/mol. The second-order valence-electron chi connectivity index (χ2n) is 8.64. The number of nitrogens with zero attached hydrogens (tertiary/aromatic N) is 4. The zero-order chi connectivity index (χ0) is 22.5. The van der Waals surface area contributed by atoms with Crippen molar-refractivity contribution in [2.45, 2.75) is 37.4 Å². The Morgan fingerprint density at radius 2 is 2.06 bits per heavy atom. The van der Waals surface area contributed by atoms with Crippen molar-refractivity contribution < 1.29 is 19.1 Å². The molecule has 1 aromatic heterocycles. The van der Waals surface area contributed by atoms with Crippen LogP contribution >= 0.6 is 0 Å². The van der Waals surface area contributed by atoms with Crippen LogP contribution in [0.25, 0.3) is 0 Å². The molecule has 0 bridgehead atoms. The summed E-state index contributed by atoms with van der Waals surface area (Å²) < 4.78 is 4.88. The molecule has 10 heteroatoms. The molecular formula is C22H32N6O4. The Labute approximate surface area is 188 Å². The molecule has 10 nitrogen and oxygen atoms in total. The number of hydrogen-bond donors (Lipinski definition) is 2. The number of piperazine rings is 2. The number of aromatic nitrogens is 1. The highest BCUT2D eigenvalue weighted by molar-refractivity contribution is 5.84. The number of anilines is 1. The first-order chi connectivity index (χ1) is 15.5. The van der Waals surface area contributed by atoms with Crippen LogP contribution in [-0.2, 0) is 19.1 Å². The van der Waals surface area contributed by atoms with Gasteiger partial charge in [0.05, 0.1) is 6.04 Å². The molecule has 3 atom stereocenters. The third kappa shape index (κ3) is 5.18. The standard InChI is InChI=1S/C22H32N6O4/c1-32-15-20(29)25-16-12-18-22(31)24-13-17(28(18)14-16)5-6-21(30)27-10-8-26(9-11-27)19-4-2-3-7-23-19/h2-4,7,16-18H,5-6,8-15H2,1H3,(H,24,31)(H,25,29)/t16-,17+,18-/m0/s1.